The summed E-state index contributed by atoms with van der Waals surface area (Å²) in [6.45, 7) is 10.4. The van der Waals surface area contributed by atoms with Crippen LogP contribution in [0.3, 0.4) is 0 Å². The first-order valence-corrected chi connectivity index (χ1v) is 18.6. The minimum Gasteiger partial charge on any atom is -0.465 e. The van der Waals surface area contributed by atoms with Crippen LogP contribution in [0.5, 0.6) is 0 Å². The molecule has 18 heteroatoms. The number of rotatable bonds is 20. The molecule has 3 atom stereocenters. The number of hydrogen-bond donors (Lipinski definition) is 3. The van der Waals surface area contributed by atoms with Crippen LogP contribution in [0.1, 0.15) is 79.1 Å². The van der Waals surface area contributed by atoms with Crippen LogP contribution in [0.4, 0.5) is 10.5 Å². The van der Waals surface area contributed by atoms with E-state index < -0.39 is 76.8 Å². The largest absolute Gasteiger partial charge is 0.465 e. The van der Waals surface area contributed by atoms with Crippen molar-refractivity contribution in [2.45, 2.75) is 101 Å². The Kier molecular flexibility index (Phi) is 14.5. The number of nitrogens with one attached hydrogen (secondary N) is 3. The topological polar surface area (TPSA) is 220 Å². The number of amides is 2. The fourth-order valence-corrected chi connectivity index (χ4v) is 7.20. The molecule has 0 aromatic heterocycles. The van der Waals surface area contributed by atoms with Gasteiger partial charge in [0.05, 0.1) is 11.5 Å². The van der Waals surface area contributed by atoms with E-state index in [1.54, 1.807) is 27.7 Å². The fraction of sp³-hybridized carbons (Fsp3) is 0.633. The average Bonchev–Trinajstić information content (AvgIpc) is 3.70. The minimum atomic E-state index is -4.40. The first kappa shape index (κ1) is 40.6. The van der Waals surface area contributed by atoms with Crippen LogP contribution in [0.15, 0.2) is 41.8 Å². The number of alkyl carbamates (subject to hydrolysis) is 1. The number of unbranched alkanes of at least 4 members (excludes halogenated alkanes) is 5. The van der Waals surface area contributed by atoms with Gasteiger partial charge in [-0.1, -0.05) is 50.3 Å². The highest BCUT2D eigenvalue weighted by Crippen LogP contribution is 2.45. The van der Waals surface area contributed by atoms with E-state index in [1.807, 2.05) is 4.72 Å². The van der Waals surface area contributed by atoms with Gasteiger partial charge in [-0.05, 0) is 53.0 Å². The van der Waals surface area contributed by atoms with Crippen molar-refractivity contribution in [2.75, 3.05) is 20.2 Å². The van der Waals surface area contributed by atoms with Crippen molar-refractivity contribution in [3.8, 4) is 0 Å². The van der Waals surface area contributed by atoms with Crippen LogP contribution in [0.25, 0.3) is 0 Å². The number of sulfonamides is 1. The van der Waals surface area contributed by atoms with Crippen LogP contribution in [-0.4, -0.2) is 81.4 Å². The van der Waals surface area contributed by atoms with Gasteiger partial charge in [0.25, 0.3) is 11.6 Å². The number of hydrogen-bond acceptors (Lipinski definition) is 11. The summed E-state index contributed by atoms with van der Waals surface area (Å²) in [6.07, 6.45) is 4.58. The maximum absolute atomic E-state index is 13.0. The zero-order valence-corrected chi connectivity index (χ0v) is 29.7. The highest BCUT2D eigenvalue weighted by molar-refractivity contribution is 7.89. The Morgan fingerprint density at radius 2 is 1.71 bits per heavy atom. The maximum atomic E-state index is 13.0. The van der Waals surface area contributed by atoms with Crippen molar-refractivity contribution in [2.24, 2.45) is 5.92 Å². The lowest BCUT2D eigenvalue weighted by molar-refractivity contribution is -0.387. The lowest BCUT2D eigenvalue weighted by Crippen LogP contribution is -2.54. The Morgan fingerprint density at radius 3 is 2.27 bits per heavy atom. The molecule has 3 N–H and O–H groups in total. The summed E-state index contributed by atoms with van der Waals surface area (Å²) in [5.74, 6) is -2.12. The van der Waals surface area contributed by atoms with Crippen molar-refractivity contribution in [3.63, 3.8) is 0 Å². The molecule has 2 rings (SSSR count). The molecule has 0 spiro atoms. The van der Waals surface area contributed by atoms with E-state index in [9.17, 15) is 41.3 Å². The Labute approximate surface area is 282 Å². The summed E-state index contributed by atoms with van der Waals surface area (Å²) in [5, 5.41) is 13.8. The summed E-state index contributed by atoms with van der Waals surface area (Å²) >= 11 is 0. The Balaban J connectivity index is 1.82. The predicted octanol–water partition coefficient (Wildman–Crippen LogP) is 3.30. The third-order valence-corrected chi connectivity index (χ3v) is 10.5. The molecule has 0 radical (unpaired) electrons. The van der Waals surface area contributed by atoms with E-state index in [-0.39, 0.29) is 26.0 Å². The first-order chi connectivity index (χ1) is 22.3. The van der Waals surface area contributed by atoms with Gasteiger partial charge >= 0.3 is 22.3 Å². The Morgan fingerprint density at radius 1 is 1.10 bits per heavy atom. The zero-order chi connectivity index (χ0) is 36.3. The van der Waals surface area contributed by atoms with Gasteiger partial charge in [-0.25, -0.2) is 17.9 Å². The third-order valence-electron chi connectivity index (χ3n) is 7.50. The number of nitro groups is 1. The maximum Gasteiger partial charge on any atom is 0.408 e. The van der Waals surface area contributed by atoms with E-state index in [4.69, 9.17) is 9.47 Å². The third kappa shape index (κ3) is 11.8. The predicted molar refractivity (Wildman–Crippen MR) is 176 cm³/mol. The van der Waals surface area contributed by atoms with E-state index in [0.29, 0.717) is 32.1 Å². The molecule has 0 bridgehead atoms. The number of esters is 1. The summed E-state index contributed by atoms with van der Waals surface area (Å²) in [4.78, 5) is 47.7. The molecule has 48 heavy (non-hydrogen) atoms. The van der Waals surface area contributed by atoms with Gasteiger partial charge in [-0.3, -0.25) is 19.7 Å². The van der Waals surface area contributed by atoms with Crippen molar-refractivity contribution >= 4 is 43.9 Å². The summed E-state index contributed by atoms with van der Waals surface area (Å²) in [5.41, 5.74) is -2.89. The molecule has 2 amide bonds. The SMILES string of the molecule is C=C[C@@H]1C[C@]1(NC(=O)OC(C)(C)C)C(=O)NS(=O)(=O)N(C)CCCCCCCC[C@H](NS(=O)(=O)c1ccccc1[N+](=O)[O-])C(=O)OCC. The van der Waals surface area contributed by atoms with Crippen LogP contribution >= 0.6 is 0 Å². The molecule has 0 saturated heterocycles. The smallest absolute Gasteiger partial charge is 0.408 e. The van der Waals surface area contributed by atoms with Crippen LogP contribution in [0, 0.1) is 16.0 Å². The normalized spacial score (nSPS) is 18.4. The van der Waals surface area contributed by atoms with Gasteiger partial charge in [0.15, 0.2) is 4.90 Å². The molecule has 0 heterocycles. The molecule has 1 fully saturated rings. The summed E-state index contributed by atoms with van der Waals surface area (Å²) in [7, 11) is -7.27. The standard InChI is InChI=1S/C30H47N5O11S2/c1-7-22-21-30(22,31-28(38)46-29(3,4)5)27(37)33-48(43,44)34(6)20-16-12-10-9-11-13-17-23(26(36)45-8-2)32-47(41,42)25-19-15-14-18-24(25)35(39)40/h7,14-15,18-19,22-23,32H,1,8-13,16-17,20-21H2,2-6H3,(H,31,38)(H,33,37)/t22-,23+,30-/m1/s1. The van der Waals surface area contributed by atoms with Crippen molar-refractivity contribution in [1.29, 1.82) is 0 Å². The number of benzene rings is 1. The summed E-state index contributed by atoms with van der Waals surface area (Å²) in [6, 6.07) is 3.60. The van der Waals surface area contributed by atoms with Crippen LogP contribution < -0.4 is 14.8 Å². The van der Waals surface area contributed by atoms with E-state index >= 15 is 0 Å². The molecule has 1 aromatic rings. The van der Waals surface area contributed by atoms with Crippen molar-refractivity contribution in [1.82, 2.24) is 19.1 Å². The second-order valence-electron chi connectivity index (χ2n) is 12.5. The molecule has 1 aromatic carbocycles. The Hall–Kier alpha value is -3.61. The number of carbonyl (C=O) groups excluding carboxylic acids is 3. The molecule has 1 aliphatic rings. The number of nitrogens with zero attached hydrogens (tertiary/aromatic N) is 2. The zero-order valence-electron chi connectivity index (χ0n) is 28.0. The first-order valence-electron chi connectivity index (χ1n) is 15.6. The number of ether oxygens (including phenoxy) is 2. The van der Waals surface area contributed by atoms with Crippen molar-refractivity contribution in [3.05, 3.63) is 47.0 Å². The van der Waals surface area contributed by atoms with Gasteiger partial charge in [-0.15, -0.1) is 6.58 Å². The molecule has 270 valence electrons. The molecule has 1 saturated carbocycles. The van der Waals surface area contributed by atoms with E-state index in [2.05, 4.69) is 16.6 Å². The average molecular weight is 718 g/mol. The van der Waals surface area contributed by atoms with E-state index in [1.165, 1.54) is 25.3 Å². The van der Waals surface area contributed by atoms with E-state index in [0.717, 1.165) is 22.9 Å². The molecular weight excluding hydrogens is 670 g/mol. The van der Waals surface area contributed by atoms with Gasteiger partial charge in [0.1, 0.15) is 17.2 Å². The van der Waals surface area contributed by atoms with Crippen LogP contribution in [0.2, 0.25) is 0 Å². The molecule has 1 aliphatic carbocycles. The lowest BCUT2D eigenvalue weighted by atomic mass is 10.1. The highest BCUT2D eigenvalue weighted by Gasteiger charge is 2.61. The summed E-state index contributed by atoms with van der Waals surface area (Å²) < 4.78 is 67.1. The highest BCUT2D eigenvalue weighted by atomic mass is 32.2. The second kappa shape index (κ2) is 17.2. The second-order valence-corrected chi connectivity index (χ2v) is 15.9. The molecule has 0 aliphatic heterocycles. The van der Waals surface area contributed by atoms with Crippen molar-refractivity contribution < 1.29 is 45.6 Å². The lowest BCUT2D eigenvalue weighted by Gasteiger charge is -2.24. The molecular formula is C30H47N5O11S2. The van der Waals surface area contributed by atoms with Gasteiger partial charge < -0.3 is 14.8 Å². The quantitative estimate of drug-likeness (QED) is 0.0584. The monoisotopic (exact) mass is 717 g/mol. The van der Waals surface area contributed by atoms with Gasteiger partial charge in [-0.2, -0.15) is 17.4 Å². The van der Waals surface area contributed by atoms with Gasteiger partial charge in [0, 0.05) is 25.6 Å². The fourth-order valence-electron chi connectivity index (χ4n) is 4.87. The van der Waals surface area contributed by atoms with Gasteiger partial charge in [0.2, 0.25) is 10.0 Å². The Bertz CT molecular complexity index is 1540. The van der Waals surface area contributed by atoms with Crippen LogP contribution in [-0.2, 0) is 39.3 Å². The number of carbonyl (C=O) groups is 3. The number of nitro benzene ring substituents is 1. The number of para-hydroxylation sites is 1. The minimum absolute atomic E-state index is 0.0234. The molecule has 16 nitrogen and oxygen atoms in total. The molecule has 0 unspecified atom stereocenters.